The summed E-state index contributed by atoms with van der Waals surface area (Å²) < 4.78 is 78.6. The van der Waals surface area contributed by atoms with Crippen LogP contribution in [0.4, 0.5) is 26.3 Å². The molecule has 3 nitrogen and oxygen atoms in total. The van der Waals surface area contributed by atoms with Gasteiger partial charge in [-0.05, 0) is 17.7 Å². The third kappa shape index (κ3) is 4.11. The maximum absolute atomic E-state index is 12.4. The van der Waals surface area contributed by atoms with Crippen molar-refractivity contribution >= 4 is 5.97 Å². The van der Waals surface area contributed by atoms with Crippen LogP contribution in [0, 0.1) is 0 Å². The van der Waals surface area contributed by atoms with Crippen molar-refractivity contribution in [2.24, 2.45) is 0 Å². The molecule has 1 aromatic heterocycles. The summed E-state index contributed by atoms with van der Waals surface area (Å²) >= 11 is 0. The molecule has 1 aromatic rings. The van der Waals surface area contributed by atoms with E-state index in [4.69, 9.17) is 0 Å². The third-order valence-corrected chi connectivity index (χ3v) is 2.04. The fraction of sp³-hybridized carbons (Fsp3) is 0.400. The van der Waals surface area contributed by atoms with Gasteiger partial charge in [-0.2, -0.15) is 26.3 Å². The molecular weight excluding hydrogens is 280 g/mol. The molecule has 1 rings (SSSR count). The van der Waals surface area contributed by atoms with Crippen molar-refractivity contribution in [1.29, 1.82) is 0 Å². The van der Waals surface area contributed by atoms with E-state index < -0.39 is 41.7 Å². The molecule has 19 heavy (non-hydrogen) atoms. The molecular formula is C10H7F6NO2. The van der Waals surface area contributed by atoms with Crippen molar-refractivity contribution in [1.82, 2.24) is 4.98 Å². The van der Waals surface area contributed by atoms with Crippen molar-refractivity contribution in [2.45, 2.75) is 18.8 Å². The number of aromatic nitrogens is 1. The molecule has 0 fully saturated rings. The lowest BCUT2D eigenvalue weighted by Gasteiger charge is -2.12. The Morgan fingerprint density at radius 3 is 1.84 bits per heavy atom. The van der Waals surface area contributed by atoms with Crippen LogP contribution in [-0.4, -0.2) is 18.1 Å². The molecule has 0 aliphatic carbocycles. The number of hydrogen-bond acceptors (Lipinski definition) is 3. The van der Waals surface area contributed by atoms with E-state index >= 15 is 0 Å². The van der Waals surface area contributed by atoms with Gasteiger partial charge in [0.25, 0.3) is 0 Å². The third-order valence-electron chi connectivity index (χ3n) is 2.04. The topological polar surface area (TPSA) is 39.2 Å². The van der Waals surface area contributed by atoms with E-state index in [-0.39, 0.29) is 0 Å². The van der Waals surface area contributed by atoms with E-state index in [2.05, 4.69) is 9.72 Å². The Labute approximate surface area is 103 Å². The van der Waals surface area contributed by atoms with Crippen LogP contribution in [0.1, 0.15) is 17.0 Å². The molecule has 0 aliphatic heterocycles. The van der Waals surface area contributed by atoms with E-state index in [1.165, 1.54) is 0 Å². The molecule has 1 heterocycles. The van der Waals surface area contributed by atoms with E-state index in [0.29, 0.717) is 12.1 Å². The number of halogens is 6. The van der Waals surface area contributed by atoms with Gasteiger partial charge in [0, 0.05) is 0 Å². The lowest BCUT2D eigenvalue weighted by atomic mass is 10.1. The van der Waals surface area contributed by atoms with Crippen molar-refractivity contribution in [3.8, 4) is 0 Å². The van der Waals surface area contributed by atoms with Gasteiger partial charge >= 0.3 is 18.3 Å². The molecule has 0 unspecified atom stereocenters. The zero-order chi connectivity index (χ0) is 14.8. The Morgan fingerprint density at radius 1 is 1.11 bits per heavy atom. The Bertz CT molecular complexity index is 448. The first-order chi connectivity index (χ1) is 8.54. The van der Waals surface area contributed by atoms with Crippen molar-refractivity contribution < 1.29 is 35.9 Å². The van der Waals surface area contributed by atoms with E-state index in [0.717, 1.165) is 7.11 Å². The predicted octanol–water partition coefficient (Wildman–Crippen LogP) is 2.83. The average molecular weight is 287 g/mol. The minimum absolute atomic E-state index is 0.381. The highest BCUT2D eigenvalue weighted by molar-refractivity contribution is 5.72. The molecule has 0 N–H and O–H groups in total. The molecule has 0 spiro atoms. The summed E-state index contributed by atoms with van der Waals surface area (Å²) in [5.41, 5.74) is -3.89. The molecule has 0 saturated carbocycles. The summed E-state index contributed by atoms with van der Waals surface area (Å²) in [4.78, 5) is 13.4. The smallest absolute Gasteiger partial charge is 0.433 e. The van der Waals surface area contributed by atoms with Crippen LogP contribution in [0.5, 0.6) is 0 Å². The highest BCUT2D eigenvalue weighted by Gasteiger charge is 2.38. The van der Waals surface area contributed by atoms with Gasteiger partial charge in [0.15, 0.2) is 0 Å². The number of alkyl halides is 6. The zero-order valence-electron chi connectivity index (χ0n) is 9.39. The second kappa shape index (κ2) is 5.06. The Hall–Kier alpha value is -1.80. The van der Waals surface area contributed by atoms with Gasteiger partial charge in [0.2, 0.25) is 0 Å². The normalized spacial score (nSPS) is 12.4. The summed E-state index contributed by atoms with van der Waals surface area (Å²) in [6, 6.07) is 0.762. The maximum Gasteiger partial charge on any atom is 0.433 e. The summed E-state index contributed by atoms with van der Waals surface area (Å²) in [6.45, 7) is 0. The van der Waals surface area contributed by atoms with Crippen LogP contribution in [0.2, 0.25) is 0 Å². The minimum Gasteiger partial charge on any atom is -0.469 e. The first kappa shape index (κ1) is 15.3. The highest BCUT2D eigenvalue weighted by Crippen LogP contribution is 2.33. The van der Waals surface area contributed by atoms with Crippen molar-refractivity contribution in [2.75, 3.05) is 7.11 Å². The van der Waals surface area contributed by atoms with Crippen LogP contribution in [0.15, 0.2) is 12.1 Å². The quantitative estimate of drug-likeness (QED) is 0.620. The number of carbonyl (C=O) groups is 1. The van der Waals surface area contributed by atoms with Crippen LogP contribution in [0.3, 0.4) is 0 Å². The SMILES string of the molecule is COC(=O)Cc1cc(C(F)(F)F)nc(C(F)(F)F)c1. The summed E-state index contributed by atoms with van der Waals surface area (Å²) in [7, 11) is 0.971. The summed E-state index contributed by atoms with van der Waals surface area (Å²) in [5, 5.41) is 0. The second-order valence-electron chi connectivity index (χ2n) is 3.49. The number of methoxy groups -OCH3 is 1. The molecule has 106 valence electrons. The first-order valence-corrected chi connectivity index (χ1v) is 4.76. The molecule has 0 aliphatic rings. The fourth-order valence-corrected chi connectivity index (χ4v) is 1.22. The molecule has 0 atom stereocenters. The minimum atomic E-state index is -5.04. The number of pyridine rings is 1. The molecule has 0 amide bonds. The zero-order valence-corrected chi connectivity index (χ0v) is 9.39. The molecule has 0 radical (unpaired) electrons. The molecule has 9 heteroatoms. The van der Waals surface area contributed by atoms with Crippen LogP contribution < -0.4 is 0 Å². The predicted molar refractivity (Wildman–Crippen MR) is 50.0 cm³/mol. The van der Waals surface area contributed by atoms with Gasteiger partial charge in [-0.25, -0.2) is 4.98 Å². The lowest BCUT2D eigenvalue weighted by Crippen LogP contribution is -2.17. The molecule has 0 aromatic carbocycles. The van der Waals surface area contributed by atoms with Gasteiger partial charge in [0.1, 0.15) is 11.4 Å². The van der Waals surface area contributed by atoms with Crippen molar-refractivity contribution in [3.05, 3.63) is 29.1 Å². The van der Waals surface area contributed by atoms with E-state index in [1.54, 1.807) is 0 Å². The van der Waals surface area contributed by atoms with Crippen LogP contribution in [-0.2, 0) is 28.3 Å². The number of esters is 1. The number of hydrogen-bond donors (Lipinski definition) is 0. The van der Waals surface area contributed by atoms with Gasteiger partial charge in [-0.3, -0.25) is 4.79 Å². The second-order valence-corrected chi connectivity index (χ2v) is 3.49. The van der Waals surface area contributed by atoms with E-state index in [9.17, 15) is 31.1 Å². The number of nitrogens with zero attached hydrogens (tertiary/aromatic N) is 1. The Morgan fingerprint density at radius 2 is 1.53 bits per heavy atom. The standard InChI is InChI=1S/C10H7F6NO2/c1-19-8(18)4-5-2-6(9(11,12)13)17-7(3-5)10(14,15)16/h2-3H,4H2,1H3. The largest absolute Gasteiger partial charge is 0.469 e. The first-order valence-electron chi connectivity index (χ1n) is 4.76. The number of ether oxygens (including phenoxy) is 1. The maximum atomic E-state index is 12.4. The Balaban J connectivity index is 3.29. The van der Waals surface area contributed by atoms with Crippen LogP contribution in [0.25, 0.3) is 0 Å². The summed E-state index contributed by atoms with van der Waals surface area (Å²) in [5.74, 6) is -0.951. The van der Waals surface area contributed by atoms with Gasteiger partial charge in [-0.15, -0.1) is 0 Å². The Kier molecular flexibility index (Phi) is 4.06. The van der Waals surface area contributed by atoms with Gasteiger partial charge in [-0.1, -0.05) is 0 Å². The average Bonchev–Trinajstić information content (AvgIpc) is 2.26. The number of carbonyl (C=O) groups excluding carboxylic acids is 1. The molecule has 0 bridgehead atoms. The summed E-state index contributed by atoms with van der Waals surface area (Å²) in [6.07, 6.45) is -10.8. The lowest BCUT2D eigenvalue weighted by molar-refractivity contribution is -0.150. The van der Waals surface area contributed by atoms with Gasteiger partial charge in [0.05, 0.1) is 13.5 Å². The molecule has 0 saturated heterocycles. The highest BCUT2D eigenvalue weighted by atomic mass is 19.4. The fourth-order valence-electron chi connectivity index (χ4n) is 1.22. The number of rotatable bonds is 2. The van der Waals surface area contributed by atoms with Crippen LogP contribution >= 0.6 is 0 Å². The van der Waals surface area contributed by atoms with Crippen molar-refractivity contribution in [3.63, 3.8) is 0 Å². The monoisotopic (exact) mass is 287 g/mol. The van der Waals surface area contributed by atoms with Gasteiger partial charge < -0.3 is 4.74 Å². The van der Waals surface area contributed by atoms with E-state index in [1.807, 2.05) is 0 Å².